The molecule has 3 rings (SSSR count). The van der Waals surface area contributed by atoms with Crippen LogP contribution >= 0.6 is 38.6 Å². The molecule has 1 amide bonds. The zero-order chi connectivity index (χ0) is 13.9. The average Bonchev–Trinajstić information content (AvgIpc) is 3.10. The van der Waals surface area contributed by atoms with Crippen molar-refractivity contribution in [1.82, 2.24) is 4.98 Å². The molecule has 6 heteroatoms. The third kappa shape index (κ3) is 2.98. The van der Waals surface area contributed by atoms with Crippen molar-refractivity contribution in [1.29, 1.82) is 0 Å². The van der Waals surface area contributed by atoms with Gasteiger partial charge in [0.1, 0.15) is 0 Å². The summed E-state index contributed by atoms with van der Waals surface area (Å²) < 4.78 is 1.03. The van der Waals surface area contributed by atoms with Gasteiger partial charge in [-0.1, -0.05) is 34.1 Å². The molecular weight excluding hydrogens is 356 g/mol. The van der Waals surface area contributed by atoms with Crippen molar-refractivity contribution in [2.24, 2.45) is 0 Å². The second kappa shape index (κ2) is 5.87. The predicted octanol–water partition coefficient (Wildman–Crippen LogP) is 4.89. The Labute approximate surface area is 132 Å². The molecule has 0 aliphatic rings. The lowest BCUT2D eigenvalue weighted by Gasteiger charge is -1.98. The third-order valence-corrected chi connectivity index (χ3v) is 4.76. The van der Waals surface area contributed by atoms with E-state index < -0.39 is 0 Å². The Bertz CT molecular complexity index is 720. The molecule has 0 fully saturated rings. The van der Waals surface area contributed by atoms with Crippen molar-refractivity contribution in [3.8, 4) is 11.3 Å². The molecule has 0 spiro atoms. The van der Waals surface area contributed by atoms with Gasteiger partial charge in [-0.3, -0.25) is 10.1 Å². The van der Waals surface area contributed by atoms with E-state index in [-0.39, 0.29) is 5.91 Å². The van der Waals surface area contributed by atoms with Gasteiger partial charge in [-0.05, 0) is 23.6 Å². The summed E-state index contributed by atoms with van der Waals surface area (Å²) in [5.41, 5.74) is 1.89. The highest BCUT2D eigenvalue weighted by molar-refractivity contribution is 9.10. The summed E-state index contributed by atoms with van der Waals surface area (Å²) in [6.07, 6.45) is 0. The van der Waals surface area contributed by atoms with Gasteiger partial charge in [0.25, 0.3) is 5.91 Å². The normalized spacial score (nSPS) is 10.4. The number of benzene rings is 1. The highest BCUT2D eigenvalue weighted by atomic mass is 79.9. The molecule has 0 aliphatic heterocycles. The summed E-state index contributed by atoms with van der Waals surface area (Å²) in [4.78, 5) is 17.0. The molecule has 0 aliphatic carbocycles. The molecule has 100 valence electrons. The Kier molecular flexibility index (Phi) is 3.95. The quantitative estimate of drug-likeness (QED) is 0.718. The smallest absolute Gasteiger partial charge is 0.267 e. The van der Waals surface area contributed by atoms with Crippen LogP contribution in [0.3, 0.4) is 0 Å². The van der Waals surface area contributed by atoms with Crippen molar-refractivity contribution in [2.75, 3.05) is 5.32 Å². The number of carbonyl (C=O) groups is 1. The van der Waals surface area contributed by atoms with E-state index >= 15 is 0 Å². The summed E-state index contributed by atoms with van der Waals surface area (Å²) in [7, 11) is 0. The number of anilines is 1. The van der Waals surface area contributed by atoms with E-state index in [1.165, 1.54) is 22.7 Å². The van der Waals surface area contributed by atoms with Crippen molar-refractivity contribution in [2.45, 2.75) is 0 Å². The van der Waals surface area contributed by atoms with Crippen LogP contribution in [0.25, 0.3) is 11.3 Å². The minimum Gasteiger partial charge on any atom is -0.297 e. The number of carbonyl (C=O) groups excluding carboxylic acids is 1. The van der Waals surface area contributed by atoms with Crippen LogP contribution in [-0.4, -0.2) is 10.9 Å². The van der Waals surface area contributed by atoms with Crippen LogP contribution < -0.4 is 5.32 Å². The van der Waals surface area contributed by atoms with Crippen molar-refractivity contribution in [3.63, 3.8) is 0 Å². The zero-order valence-electron chi connectivity index (χ0n) is 10.2. The first kappa shape index (κ1) is 13.5. The van der Waals surface area contributed by atoms with E-state index in [9.17, 15) is 4.79 Å². The molecule has 0 radical (unpaired) electrons. The Hall–Kier alpha value is -1.50. The number of hydrogen-bond acceptors (Lipinski definition) is 4. The Morgan fingerprint density at radius 2 is 1.95 bits per heavy atom. The van der Waals surface area contributed by atoms with Gasteiger partial charge in [0.15, 0.2) is 5.13 Å². The number of hydrogen-bond donors (Lipinski definition) is 1. The molecule has 3 aromatic rings. The molecule has 1 aromatic carbocycles. The van der Waals surface area contributed by atoms with Crippen LogP contribution in [0, 0.1) is 0 Å². The second-order valence-electron chi connectivity index (χ2n) is 3.98. The van der Waals surface area contributed by atoms with E-state index in [0.29, 0.717) is 10.0 Å². The fraction of sp³-hybridized carbons (Fsp3) is 0. The lowest BCUT2D eigenvalue weighted by atomic mass is 10.2. The monoisotopic (exact) mass is 364 g/mol. The van der Waals surface area contributed by atoms with Crippen molar-refractivity contribution in [3.05, 3.63) is 56.5 Å². The predicted molar refractivity (Wildman–Crippen MR) is 87.5 cm³/mol. The third-order valence-electron chi connectivity index (χ3n) is 2.61. The topological polar surface area (TPSA) is 42.0 Å². The number of rotatable bonds is 3. The van der Waals surface area contributed by atoms with Crippen LogP contribution in [0.5, 0.6) is 0 Å². The summed E-state index contributed by atoms with van der Waals surface area (Å²) >= 11 is 6.24. The Balaban J connectivity index is 1.77. The van der Waals surface area contributed by atoms with Gasteiger partial charge < -0.3 is 0 Å². The molecule has 0 unspecified atom stereocenters. The summed E-state index contributed by atoms with van der Waals surface area (Å²) in [5, 5.41) is 7.24. The van der Waals surface area contributed by atoms with E-state index in [2.05, 4.69) is 26.2 Å². The molecule has 2 heterocycles. The molecule has 3 nitrogen and oxygen atoms in total. The zero-order valence-corrected chi connectivity index (χ0v) is 13.4. The van der Waals surface area contributed by atoms with Crippen LogP contribution in [0.4, 0.5) is 5.13 Å². The van der Waals surface area contributed by atoms with E-state index in [0.717, 1.165) is 15.7 Å². The Morgan fingerprint density at radius 1 is 1.15 bits per heavy atom. The van der Waals surface area contributed by atoms with Gasteiger partial charge in [-0.25, -0.2) is 4.98 Å². The maximum absolute atomic E-state index is 11.9. The Morgan fingerprint density at radius 3 is 2.65 bits per heavy atom. The molecule has 1 N–H and O–H groups in total. The lowest BCUT2D eigenvalue weighted by Crippen LogP contribution is -2.09. The number of aromatic nitrogens is 1. The fourth-order valence-corrected chi connectivity index (χ4v) is 3.25. The molecule has 20 heavy (non-hydrogen) atoms. The number of halogens is 1. The first-order valence-electron chi connectivity index (χ1n) is 5.79. The standard InChI is InChI=1S/C14H9BrN2OS2/c15-10-5-3-9(4-6-10)11-8-20-14(16-11)17-13(18)12-2-1-7-19-12/h1-8H,(H,16,17,18). The first-order chi connectivity index (χ1) is 9.72. The van der Waals surface area contributed by atoms with Crippen LogP contribution in [0.2, 0.25) is 0 Å². The van der Waals surface area contributed by atoms with Crippen LogP contribution in [-0.2, 0) is 0 Å². The van der Waals surface area contributed by atoms with Gasteiger partial charge in [-0.15, -0.1) is 22.7 Å². The second-order valence-corrected chi connectivity index (χ2v) is 6.70. The molecule has 0 atom stereocenters. The first-order valence-corrected chi connectivity index (χ1v) is 8.34. The van der Waals surface area contributed by atoms with Gasteiger partial charge in [-0.2, -0.15) is 0 Å². The van der Waals surface area contributed by atoms with E-state index in [1.807, 2.05) is 41.1 Å². The highest BCUT2D eigenvalue weighted by Crippen LogP contribution is 2.26. The number of amides is 1. The fourth-order valence-electron chi connectivity index (χ4n) is 1.65. The van der Waals surface area contributed by atoms with Crippen LogP contribution in [0.15, 0.2) is 51.6 Å². The highest BCUT2D eigenvalue weighted by Gasteiger charge is 2.10. The maximum Gasteiger partial charge on any atom is 0.267 e. The number of nitrogens with zero attached hydrogens (tertiary/aromatic N) is 1. The lowest BCUT2D eigenvalue weighted by molar-refractivity contribution is 0.103. The minimum atomic E-state index is -0.114. The SMILES string of the molecule is O=C(Nc1nc(-c2ccc(Br)cc2)cs1)c1cccs1. The molecule has 0 bridgehead atoms. The molecule has 0 saturated carbocycles. The number of thiazole rings is 1. The van der Waals surface area contributed by atoms with E-state index in [1.54, 1.807) is 6.07 Å². The van der Waals surface area contributed by atoms with Gasteiger partial charge in [0.05, 0.1) is 10.6 Å². The molecule has 0 saturated heterocycles. The number of nitrogens with one attached hydrogen (secondary N) is 1. The van der Waals surface area contributed by atoms with Gasteiger partial charge >= 0.3 is 0 Å². The average molecular weight is 365 g/mol. The number of thiophene rings is 1. The largest absolute Gasteiger partial charge is 0.297 e. The van der Waals surface area contributed by atoms with Gasteiger partial charge in [0.2, 0.25) is 0 Å². The summed E-state index contributed by atoms with van der Waals surface area (Å²) in [6, 6.07) is 11.6. The van der Waals surface area contributed by atoms with E-state index in [4.69, 9.17) is 0 Å². The molecular formula is C14H9BrN2OS2. The minimum absolute atomic E-state index is 0.114. The summed E-state index contributed by atoms with van der Waals surface area (Å²) in [5.74, 6) is -0.114. The van der Waals surface area contributed by atoms with Crippen molar-refractivity contribution >= 4 is 49.6 Å². The molecule has 2 aromatic heterocycles. The van der Waals surface area contributed by atoms with Crippen molar-refractivity contribution < 1.29 is 4.79 Å². The van der Waals surface area contributed by atoms with Gasteiger partial charge in [0, 0.05) is 15.4 Å². The summed E-state index contributed by atoms with van der Waals surface area (Å²) in [6.45, 7) is 0. The maximum atomic E-state index is 11.9. The van der Waals surface area contributed by atoms with Crippen LogP contribution in [0.1, 0.15) is 9.67 Å².